The molecule has 2 aliphatic heterocycles. The molecule has 7 heteroatoms. The van der Waals surface area contributed by atoms with Gasteiger partial charge in [0.25, 0.3) is 0 Å². The molecule has 3 aliphatic rings. The highest BCUT2D eigenvalue weighted by atomic mass is 35.5. The van der Waals surface area contributed by atoms with Gasteiger partial charge in [0.15, 0.2) is 0 Å². The zero-order valence-electron chi connectivity index (χ0n) is 22.5. The predicted molar refractivity (Wildman–Crippen MR) is 158 cm³/mol. The summed E-state index contributed by atoms with van der Waals surface area (Å²) >= 11 is 1.75. The van der Waals surface area contributed by atoms with Crippen molar-refractivity contribution in [3.05, 3.63) is 35.3 Å². The second-order valence-corrected chi connectivity index (χ2v) is 13.5. The van der Waals surface area contributed by atoms with Crippen LogP contribution in [0, 0.1) is 16.7 Å². The number of benzene rings is 1. The van der Waals surface area contributed by atoms with Crippen molar-refractivity contribution in [2.45, 2.75) is 65.7 Å². The van der Waals surface area contributed by atoms with E-state index in [0.717, 1.165) is 37.2 Å². The molecule has 0 unspecified atom stereocenters. The van der Waals surface area contributed by atoms with E-state index in [9.17, 15) is 0 Å². The van der Waals surface area contributed by atoms with E-state index in [1.165, 1.54) is 63.0 Å². The van der Waals surface area contributed by atoms with E-state index in [4.69, 9.17) is 4.74 Å². The number of ether oxygens (including phenoxy) is 1. The van der Waals surface area contributed by atoms with Gasteiger partial charge in [-0.1, -0.05) is 27.7 Å². The highest BCUT2D eigenvalue weighted by Gasteiger charge is 2.40. The topological polar surface area (TPSA) is 28.6 Å². The first-order valence-corrected chi connectivity index (χ1v) is 14.2. The van der Waals surface area contributed by atoms with Crippen molar-refractivity contribution < 1.29 is 4.74 Å². The van der Waals surface area contributed by atoms with E-state index < -0.39 is 0 Å². The maximum absolute atomic E-state index is 5.57. The van der Waals surface area contributed by atoms with Crippen LogP contribution in [-0.2, 0) is 4.74 Å². The largest absolute Gasteiger partial charge is 0.381 e. The van der Waals surface area contributed by atoms with Crippen LogP contribution in [0.2, 0.25) is 0 Å². The summed E-state index contributed by atoms with van der Waals surface area (Å²) in [7, 11) is 0. The SMILES string of the molecule is CC1(C)CC(c2cc(-c3nccs3)ccc2N2CCN(CC3CCOCC3)CC2)CC(C)(C)C1.Cl.Cl. The fourth-order valence-electron chi connectivity index (χ4n) is 7.20. The smallest absolute Gasteiger partial charge is 0.123 e. The van der Waals surface area contributed by atoms with Crippen LogP contribution in [0.15, 0.2) is 29.8 Å². The summed E-state index contributed by atoms with van der Waals surface area (Å²) in [6.45, 7) is 17.7. The first kappa shape index (κ1) is 29.7. The zero-order valence-corrected chi connectivity index (χ0v) is 25.0. The Morgan fingerprint density at radius 1 is 0.972 bits per heavy atom. The summed E-state index contributed by atoms with van der Waals surface area (Å²) in [5.74, 6) is 1.43. The van der Waals surface area contributed by atoms with Crippen LogP contribution < -0.4 is 4.90 Å². The molecule has 1 saturated carbocycles. The van der Waals surface area contributed by atoms with Crippen molar-refractivity contribution in [1.82, 2.24) is 9.88 Å². The molecular formula is C29H45Cl2N3OS. The number of anilines is 1. The second kappa shape index (κ2) is 12.3. The molecule has 0 bridgehead atoms. The fraction of sp³-hybridized carbons (Fsp3) is 0.690. The van der Waals surface area contributed by atoms with Gasteiger partial charge in [-0.3, -0.25) is 4.90 Å². The van der Waals surface area contributed by atoms with Gasteiger partial charge in [-0.2, -0.15) is 0 Å². The maximum Gasteiger partial charge on any atom is 0.123 e. The standard InChI is InChI=1S/C29H43N3OS.2ClH/c1-28(2)18-24(19-29(3,4)21-28)25-17-23(27-30-9-16-34-27)5-6-26(25)32-12-10-31(11-13-32)20-22-7-14-33-15-8-22;;/h5-6,9,16-17,22,24H,7-8,10-15,18-21H2,1-4H3;2*1H. The van der Waals surface area contributed by atoms with Crippen LogP contribution in [0.4, 0.5) is 5.69 Å². The maximum atomic E-state index is 5.57. The molecule has 3 heterocycles. The van der Waals surface area contributed by atoms with Crippen molar-refractivity contribution in [1.29, 1.82) is 0 Å². The number of halogens is 2. The average Bonchev–Trinajstić information content (AvgIpc) is 3.33. The summed E-state index contributed by atoms with van der Waals surface area (Å²) in [5.41, 5.74) is 5.08. The van der Waals surface area contributed by atoms with Gasteiger partial charge in [-0.25, -0.2) is 4.98 Å². The molecular weight excluding hydrogens is 509 g/mol. The molecule has 1 aromatic carbocycles. The molecule has 0 spiro atoms. The van der Waals surface area contributed by atoms with Crippen molar-refractivity contribution >= 4 is 41.8 Å². The fourth-order valence-corrected chi connectivity index (χ4v) is 7.84. The van der Waals surface area contributed by atoms with Crippen LogP contribution in [0.25, 0.3) is 10.6 Å². The van der Waals surface area contributed by atoms with Gasteiger partial charge in [0.2, 0.25) is 0 Å². The zero-order chi connectivity index (χ0) is 23.8. The number of piperazine rings is 1. The number of hydrogen-bond acceptors (Lipinski definition) is 5. The molecule has 0 N–H and O–H groups in total. The van der Waals surface area contributed by atoms with Gasteiger partial charge >= 0.3 is 0 Å². The minimum absolute atomic E-state index is 0. The van der Waals surface area contributed by atoms with Crippen molar-refractivity contribution in [2.24, 2.45) is 16.7 Å². The van der Waals surface area contributed by atoms with Crippen LogP contribution >= 0.6 is 36.2 Å². The lowest BCUT2D eigenvalue weighted by molar-refractivity contribution is 0.0517. The lowest BCUT2D eigenvalue weighted by Gasteiger charge is -2.46. The Labute approximate surface area is 235 Å². The predicted octanol–water partition coefficient (Wildman–Crippen LogP) is 7.52. The van der Waals surface area contributed by atoms with Crippen LogP contribution in [0.3, 0.4) is 0 Å². The molecule has 5 rings (SSSR count). The Morgan fingerprint density at radius 2 is 1.64 bits per heavy atom. The summed E-state index contributed by atoms with van der Waals surface area (Å²) < 4.78 is 5.57. The first-order valence-electron chi connectivity index (χ1n) is 13.4. The molecule has 4 nitrogen and oxygen atoms in total. The van der Waals surface area contributed by atoms with Gasteiger partial charge < -0.3 is 9.64 Å². The van der Waals surface area contributed by atoms with E-state index >= 15 is 0 Å². The van der Waals surface area contributed by atoms with Gasteiger partial charge in [-0.15, -0.1) is 36.2 Å². The van der Waals surface area contributed by atoms with Gasteiger partial charge in [0.1, 0.15) is 5.01 Å². The number of nitrogens with zero attached hydrogens (tertiary/aromatic N) is 3. The van der Waals surface area contributed by atoms with Crippen LogP contribution in [0.1, 0.15) is 71.3 Å². The monoisotopic (exact) mass is 553 g/mol. The molecule has 1 aromatic heterocycles. The van der Waals surface area contributed by atoms with E-state index in [2.05, 4.69) is 66.1 Å². The molecule has 0 amide bonds. The Hall–Kier alpha value is -0.850. The Bertz CT molecular complexity index is 935. The van der Waals surface area contributed by atoms with Crippen LogP contribution in [-0.4, -0.2) is 55.8 Å². The third-order valence-corrected chi connectivity index (χ3v) is 9.09. The minimum Gasteiger partial charge on any atom is -0.381 e. The number of rotatable bonds is 5. The van der Waals surface area contributed by atoms with Crippen molar-refractivity contribution in [2.75, 3.05) is 50.8 Å². The summed E-state index contributed by atoms with van der Waals surface area (Å²) in [6.07, 6.45) is 8.25. The lowest BCUT2D eigenvalue weighted by atomic mass is 9.60. The van der Waals surface area contributed by atoms with Crippen molar-refractivity contribution in [3.63, 3.8) is 0 Å². The van der Waals surface area contributed by atoms with Crippen molar-refractivity contribution in [3.8, 4) is 10.6 Å². The molecule has 2 saturated heterocycles. The average molecular weight is 555 g/mol. The third-order valence-electron chi connectivity index (χ3n) is 8.27. The number of aromatic nitrogens is 1. The number of hydrogen-bond donors (Lipinski definition) is 0. The second-order valence-electron chi connectivity index (χ2n) is 12.6. The van der Waals surface area contributed by atoms with Gasteiger partial charge in [-0.05, 0) is 78.5 Å². The van der Waals surface area contributed by atoms with Gasteiger partial charge in [0, 0.05) is 68.8 Å². The normalized spacial score (nSPS) is 23.1. The highest BCUT2D eigenvalue weighted by Crippen LogP contribution is 2.53. The van der Waals surface area contributed by atoms with E-state index in [-0.39, 0.29) is 24.8 Å². The Kier molecular flexibility index (Phi) is 10.2. The molecule has 202 valence electrons. The molecule has 3 fully saturated rings. The van der Waals surface area contributed by atoms with E-state index in [1.54, 1.807) is 16.9 Å². The molecule has 2 aromatic rings. The quantitative estimate of drug-likeness (QED) is 0.382. The van der Waals surface area contributed by atoms with Gasteiger partial charge in [0.05, 0.1) is 0 Å². The Morgan fingerprint density at radius 3 is 2.25 bits per heavy atom. The van der Waals surface area contributed by atoms with E-state index in [0.29, 0.717) is 16.7 Å². The molecule has 1 aliphatic carbocycles. The highest BCUT2D eigenvalue weighted by molar-refractivity contribution is 7.13. The molecule has 0 radical (unpaired) electrons. The van der Waals surface area contributed by atoms with E-state index in [1.807, 2.05) is 6.20 Å². The lowest BCUT2D eigenvalue weighted by Crippen LogP contribution is -2.48. The minimum atomic E-state index is 0. The summed E-state index contributed by atoms with van der Waals surface area (Å²) in [5, 5.41) is 3.23. The first-order chi connectivity index (χ1) is 16.3. The van der Waals surface area contributed by atoms with Crippen LogP contribution in [0.5, 0.6) is 0 Å². The molecule has 36 heavy (non-hydrogen) atoms. The third kappa shape index (κ3) is 7.17. The summed E-state index contributed by atoms with van der Waals surface area (Å²) in [4.78, 5) is 10.0. The summed E-state index contributed by atoms with van der Waals surface area (Å²) in [6, 6.07) is 7.21. The number of thiazole rings is 1. The molecule has 0 atom stereocenters. The Balaban J connectivity index is 0.00000180.